The molecule has 0 N–H and O–H groups in total. The molecule has 2 nitrogen and oxygen atoms in total. The van der Waals surface area contributed by atoms with E-state index in [1.807, 2.05) is 11.8 Å². The summed E-state index contributed by atoms with van der Waals surface area (Å²) in [6.45, 7) is 2.16. The zero-order valence-electron chi connectivity index (χ0n) is 9.73. The van der Waals surface area contributed by atoms with Crippen molar-refractivity contribution in [2.75, 3.05) is 5.88 Å². The van der Waals surface area contributed by atoms with Crippen LogP contribution in [0.3, 0.4) is 0 Å². The summed E-state index contributed by atoms with van der Waals surface area (Å²) >= 11 is 7.66. The molecular weight excluding hydrogens is 240 g/mol. The second kappa shape index (κ2) is 5.97. The van der Waals surface area contributed by atoms with E-state index in [0.29, 0.717) is 17.2 Å². The second-order valence-corrected chi connectivity index (χ2v) is 6.24. The predicted octanol–water partition coefficient (Wildman–Crippen LogP) is 3.86. The Morgan fingerprint density at radius 3 is 3.00 bits per heavy atom. The van der Waals surface area contributed by atoms with Gasteiger partial charge in [-0.25, -0.2) is 0 Å². The monoisotopic (exact) mass is 258 g/mol. The Bertz CT molecular complexity index is 321. The van der Waals surface area contributed by atoms with Crippen molar-refractivity contribution in [3.8, 4) is 0 Å². The van der Waals surface area contributed by atoms with Gasteiger partial charge in [-0.15, -0.1) is 11.6 Å². The molecule has 0 amide bonds. The Labute approximate surface area is 107 Å². The zero-order valence-corrected chi connectivity index (χ0v) is 11.3. The smallest absolute Gasteiger partial charge is 0.0723 e. The normalized spacial score (nSPS) is 19.1. The average molecular weight is 259 g/mol. The van der Waals surface area contributed by atoms with Gasteiger partial charge in [0.1, 0.15) is 0 Å². The number of hydrogen-bond donors (Lipinski definition) is 0. The molecule has 16 heavy (non-hydrogen) atoms. The van der Waals surface area contributed by atoms with E-state index in [-0.39, 0.29) is 0 Å². The molecule has 90 valence electrons. The number of alkyl halides is 1. The van der Waals surface area contributed by atoms with Crippen LogP contribution in [-0.4, -0.2) is 20.9 Å². The van der Waals surface area contributed by atoms with Crippen LogP contribution in [0.1, 0.15) is 44.3 Å². The molecule has 0 spiro atoms. The first kappa shape index (κ1) is 12.3. The van der Waals surface area contributed by atoms with Crippen LogP contribution in [0.25, 0.3) is 0 Å². The molecule has 1 heterocycles. The van der Waals surface area contributed by atoms with Crippen LogP contribution in [0.5, 0.6) is 0 Å². The lowest BCUT2D eigenvalue weighted by molar-refractivity contribution is 0.464. The van der Waals surface area contributed by atoms with E-state index < -0.39 is 0 Å². The second-order valence-electron chi connectivity index (χ2n) is 4.50. The summed E-state index contributed by atoms with van der Waals surface area (Å²) in [5, 5.41) is 5.16. The summed E-state index contributed by atoms with van der Waals surface area (Å²) in [7, 11) is 0. The van der Waals surface area contributed by atoms with Crippen LogP contribution in [0.2, 0.25) is 0 Å². The highest BCUT2D eigenvalue weighted by atomic mass is 35.5. The molecule has 1 aromatic heterocycles. The number of nitrogens with zero attached hydrogens (tertiary/aromatic N) is 2. The molecule has 0 saturated heterocycles. The van der Waals surface area contributed by atoms with E-state index in [1.165, 1.54) is 31.4 Å². The molecule has 4 heteroatoms. The molecule has 1 unspecified atom stereocenters. The van der Waals surface area contributed by atoms with Gasteiger partial charge < -0.3 is 0 Å². The molecule has 1 aliphatic rings. The lowest BCUT2D eigenvalue weighted by Gasteiger charge is -2.09. The molecule has 1 aromatic rings. The Morgan fingerprint density at radius 1 is 1.56 bits per heavy atom. The highest BCUT2D eigenvalue weighted by Gasteiger charge is 2.17. The van der Waals surface area contributed by atoms with E-state index in [2.05, 4.69) is 29.0 Å². The fourth-order valence-corrected chi connectivity index (χ4v) is 3.06. The van der Waals surface area contributed by atoms with Crippen LogP contribution in [0.4, 0.5) is 0 Å². The van der Waals surface area contributed by atoms with Crippen molar-refractivity contribution >= 4 is 23.4 Å². The first-order valence-corrected chi connectivity index (χ1v) is 7.59. The maximum absolute atomic E-state index is 5.78. The SMILES string of the molecule is CC(CCl)SCc1ccn(C2CCCC2)n1. The van der Waals surface area contributed by atoms with Gasteiger partial charge in [0.2, 0.25) is 0 Å². The van der Waals surface area contributed by atoms with Crippen LogP contribution in [-0.2, 0) is 5.75 Å². The van der Waals surface area contributed by atoms with Gasteiger partial charge in [-0.2, -0.15) is 16.9 Å². The fraction of sp³-hybridized carbons (Fsp3) is 0.750. The summed E-state index contributed by atoms with van der Waals surface area (Å²) < 4.78 is 2.16. The van der Waals surface area contributed by atoms with Crippen molar-refractivity contribution in [1.29, 1.82) is 0 Å². The van der Waals surface area contributed by atoms with Gasteiger partial charge in [0.05, 0.1) is 11.7 Å². The zero-order chi connectivity index (χ0) is 11.4. The Kier molecular flexibility index (Phi) is 4.59. The van der Waals surface area contributed by atoms with Gasteiger partial charge in [0.15, 0.2) is 0 Å². The quantitative estimate of drug-likeness (QED) is 0.747. The lowest BCUT2D eigenvalue weighted by Crippen LogP contribution is -2.05. The molecule has 2 rings (SSSR count). The lowest BCUT2D eigenvalue weighted by atomic mass is 10.3. The third kappa shape index (κ3) is 3.17. The third-order valence-corrected chi connectivity index (χ3v) is 4.94. The highest BCUT2D eigenvalue weighted by Crippen LogP contribution is 2.29. The minimum Gasteiger partial charge on any atom is -0.269 e. The Hall–Kier alpha value is -0.150. The van der Waals surface area contributed by atoms with Gasteiger partial charge in [0.25, 0.3) is 0 Å². The summed E-state index contributed by atoms with van der Waals surface area (Å²) in [5.74, 6) is 1.70. The third-order valence-electron chi connectivity index (χ3n) is 3.10. The molecule has 0 aromatic carbocycles. The van der Waals surface area contributed by atoms with E-state index >= 15 is 0 Å². The van der Waals surface area contributed by atoms with Gasteiger partial charge in [-0.05, 0) is 18.9 Å². The standard InChI is InChI=1S/C12H19ClN2S/c1-10(8-13)16-9-11-6-7-15(14-11)12-4-2-3-5-12/h6-7,10,12H,2-5,8-9H2,1H3. The van der Waals surface area contributed by atoms with E-state index in [4.69, 9.17) is 11.6 Å². The van der Waals surface area contributed by atoms with E-state index in [1.54, 1.807) is 0 Å². The summed E-state index contributed by atoms with van der Waals surface area (Å²) in [6.07, 6.45) is 7.45. The van der Waals surface area contributed by atoms with Gasteiger partial charge in [-0.1, -0.05) is 19.8 Å². The number of hydrogen-bond acceptors (Lipinski definition) is 2. The molecule has 1 fully saturated rings. The van der Waals surface area contributed by atoms with Crippen LogP contribution >= 0.6 is 23.4 Å². The van der Waals surface area contributed by atoms with Crippen molar-refractivity contribution in [3.63, 3.8) is 0 Å². The van der Waals surface area contributed by atoms with Crippen molar-refractivity contribution in [2.24, 2.45) is 0 Å². The first-order valence-electron chi connectivity index (χ1n) is 6.01. The minimum atomic E-state index is 0.512. The molecule has 0 aliphatic heterocycles. The van der Waals surface area contributed by atoms with Gasteiger partial charge >= 0.3 is 0 Å². The van der Waals surface area contributed by atoms with Gasteiger partial charge in [0, 0.05) is 23.1 Å². The fourth-order valence-electron chi connectivity index (χ4n) is 2.10. The van der Waals surface area contributed by atoms with Crippen LogP contribution in [0.15, 0.2) is 12.3 Å². The Morgan fingerprint density at radius 2 is 2.31 bits per heavy atom. The van der Waals surface area contributed by atoms with Crippen molar-refractivity contribution in [1.82, 2.24) is 9.78 Å². The largest absolute Gasteiger partial charge is 0.269 e. The predicted molar refractivity (Wildman–Crippen MR) is 71.2 cm³/mol. The topological polar surface area (TPSA) is 17.8 Å². The number of rotatable bonds is 5. The van der Waals surface area contributed by atoms with Crippen molar-refractivity contribution in [3.05, 3.63) is 18.0 Å². The van der Waals surface area contributed by atoms with Crippen LogP contribution < -0.4 is 0 Å². The molecule has 0 radical (unpaired) electrons. The first-order chi connectivity index (χ1) is 7.79. The molecule has 1 saturated carbocycles. The molecule has 1 aliphatic carbocycles. The van der Waals surface area contributed by atoms with E-state index in [9.17, 15) is 0 Å². The van der Waals surface area contributed by atoms with E-state index in [0.717, 1.165) is 5.75 Å². The number of aromatic nitrogens is 2. The summed E-state index contributed by atoms with van der Waals surface area (Å²) in [5.41, 5.74) is 1.19. The summed E-state index contributed by atoms with van der Waals surface area (Å²) in [6, 6.07) is 2.80. The number of halogens is 1. The molecule has 1 atom stereocenters. The average Bonchev–Trinajstić information content (AvgIpc) is 2.95. The van der Waals surface area contributed by atoms with Crippen molar-refractivity contribution < 1.29 is 0 Å². The minimum absolute atomic E-state index is 0.512. The van der Waals surface area contributed by atoms with Crippen LogP contribution in [0, 0.1) is 0 Å². The maximum Gasteiger partial charge on any atom is 0.0723 e. The maximum atomic E-state index is 5.78. The molecular formula is C12H19ClN2S. The van der Waals surface area contributed by atoms with Crippen molar-refractivity contribution in [2.45, 2.75) is 49.7 Å². The van der Waals surface area contributed by atoms with Gasteiger partial charge in [-0.3, -0.25) is 4.68 Å². The summed E-state index contributed by atoms with van der Waals surface area (Å²) in [4.78, 5) is 0. The number of thioether (sulfide) groups is 1. The Balaban J connectivity index is 1.86. The molecule has 0 bridgehead atoms. The highest BCUT2D eigenvalue weighted by molar-refractivity contribution is 7.99.